The van der Waals surface area contributed by atoms with E-state index in [1.54, 1.807) is 4.57 Å². The highest BCUT2D eigenvalue weighted by molar-refractivity contribution is 7.53. The average molecular weight is 419 g/mol. The van der Waals surface area contributed by atoms with Crippen LogP contribution >= 0.6 is 7.60 Å². The maximum atomic E-state index is 12.6. The molecule has 2 heterocycles. The SMILES string of the molecule is CC(=O)OCOP(=O)(COCCn1cnc2c(N)ncnc21)OCOC(C)O. The molecule has 2 atom stereocenters. The minimum atomic E-state index is -3.80. The highest BCUT2D eigenvalue weighted by atomic mass is 31.2. The summed E-state index contributed by atoms with van der Waals surface area (Å²) >= 11 is 0. The van der Waals surface area contributed by atoms with Crippen molar-refractivity contribution in [3.05, 3.63) is 12.7 Å². The first kappa shape index (κ1) is 22.1. The zero-order valence-electron chi connectivity index (χ0n) is 15.4. The highest BCUT2D eigenvalue weighted by Crippen LogP contribution is 2.48. The van der Waals surface area contributed by atoms with Crippen molar-refractivity contribution in [2.75, 3.05) is 32.3 Å². The Kier molecular flexibility index (Phi) is 8.23. The van der Waals surface area contributed by atoms with Crippen LogP contribution in [0.2, 0.25) is 0 Å². The normalized spacial score (nSPS) is 14.7. The van der Waals surface area contributed by atoms with Gasteiger partial charge in [-0.05, 0) is 6.92 Å². The van der Waals surface area contributed by atoms with Crippen LogP contribution in [0.5, 0.6) is 0 Å². The molecule has 156 valence electrons. The molecule has 0 saturated carbocycles. The number of aliphatic hydroxyl groups excluding tert-OH is 1. The molecule has 0 aliphatic carbocycles. The molecule has 0 spiro atoms. The van der Waals surface area contributed by atoms with Crippen LogP contribution in [0.15, 0.2) is 12.7 Å². The molecule has 0 saturated heterocycles. The molecule has 0 radical (unpaired) electrons. The Hall–Kier alpha value is -2.15. The van der Waals surface area contributed by atoms with Gasteiger partial charge in [-0.15, -0.1) is 0 Å². The van der Waals surface area contributed by atoms with Crippen molar-refractivity contribution in [2.24, 2.45) is 0 Å². The molecule has 2 rings (SSSR count). The number of ether oxygens (including phenoxy) is 3. The standard InChI is InChI=1S/C14H22N5O8P/c1-10(20)24-7-26-28(22,27-8-25-11(2)21)9-23-4-3-19-6-18-12-13(15)16-5-17-14(12)19/h5-6,10,20H,3-4,7-9H2,1-2H3,(H2,15,16,17). The molecule has 2 unspecified atom stereocenters. The number of rotatable bonds is 12. The number of carbonyl (C=O) groups excluding carboxylic acids is 1. The van der Waals surface area contributed by atoms with E-state index < -0.39 is 39.8 Å². The van der Waals surface area contributed by atoms with E-state index in [4.69, 9.17) is 29.4 Å². The van der Waals surface area contributed by atoms with Crippen LogP contribution in [-0.2, 0) is 39.2 Å². The van der Waals surface area contributed by atoms with Gasteiger partial charge in [0.15, 0.2) is 24.5 Å². The molecule has 13 nitrogen and oxygen atoms in total. The summed E-state index contributed by atoms with van der Waals surface area (Å²) in [6.45, 7) is 1.91. The summed E-state index contributed by atoms with van der Waals surface area (Å²) in [5.74, 6) is -0.347. The molecule has 0 bridgehead atoms. The van der Waals surface area contributed by atoms with Gasteiger partial charge in [0, 0.05) is 13.5 Å². The largest absolute Gasteiger partial charge is 0.438 e. The lowest BCUT2D eigenvalue weighted by Gasteiger charge is -2.19. The van der Waals surface area contributed by atoms with E-state index in [9.17, 15) is 9.36 Å². The Morgan fingerprint density at radius 2 is 2.07 bits per heavy atom. The molecule has 28 heavy (non-hydrogen) atoms. The third-order valence-electron chi connectivity index (χ3n) is 3.23. The van der Waals surface area contributed by atoms with Crippen LogP contribution in [0.3, 0.4) is 0 Å². The molecular weight excluding hydrogens is 397 g/mol. The van der Waals surface area contributed by atoms with Crippen molar-refractivity contribution in [3.63, 3.8) is 0 Å². The predicted molar refractivity (Wildman–Crippen MR) is 94.6 cm³/mol. The number of hydrogen-bond donors (Lipinski definition) is 2. The summed E-state index contributed by atoms with van der Waals surface area (Å²) in [6.07, 6.45) is 1.31. The van der Waals surface area contributed by atoms with Gasteiger partial charge >= 0.3 is 13.6 Å². The Labute approximate surface area is 160 Å². The maximum Gasteiger partial charge on any atom is 0.361 e. The van der Waals surface area contributed by atoms with Gasteiger partial charge in [-0.1, -0.05) is 0 Å². The lowest BCUT2D eigenvalue weighted by Crippen LogP contribution is -2.14. The quantitative estimate of drug-likeness (QED) is 0.211. The number of esters is 1. The highest BCUT2D eigenvalue weighted by Gasteiger charge is 2.26. The van der Waals surface area contributed by atoms with Gasteiger partial charge < -0.3 is 29.6 Å². The van der Waals surface area contributed by atoms with E-state index in [0.717, 1.165) is 0 Å². The fourth-order valence-electron chi connectivity index (χ4n) is 1.91. The third kappa shape index (κ3) is 6.78. The Morgan fingerprint density at radius 1 is 1.32 bits per heavy atom. The number of aliphatic hydroxyl groups is 1. The monoisotopic (exact) mass is 419 g/mol. The molecule has 2 aromatic heterocycles. The number of carbonyl (C=O) groups is 1. The molecule has 0 aliphatic heterocycles. The Bertz CT molecular complexity index is 829. The summed E-state index contributed by atoms with van der Waals surface area (Å²) in [5.41, 5.74) is 6.73. The summed E-state index contributed by atoms with van der Waals surface area (Å²) in [6, 6.07) is 0. The number of nitrogen functional groups attached to an aromatic ring is 1. The molecular formula is C14H22N5O8P. The number of imidazole rings is 1. The zero-order chi connectivity index (χ0) is 20.6. The Balaban J connectivity index is 1.87. The van der Waals surface area contributed by atoms with Crippen LogP contribution in [0.4, 0.5) is 5.82 Å². The predicted octanol–water partition coefficient (Wildman–Crippen LogP) is 0.442. The summed E-state index contributed by atoms with van der Waals surface area (Å²) in [5, 5.41) is 9.06. The van der Waals surface area contributed by atoms with E-state index in [1.807, 2.05) is 0 Å². The van der Waals surface area contributed by atoms with Gasteiger partial charge in [-0.2, -0.15) is 0 Å². The van der Waals surface area contributed by atoms with Crippen molar-refractivity contribution >= 4 is 30.5 Å². The molecule has 0 aromatic carbocycles. The van der Waals surface area contributed by atoms with E-state index in [-0.39, 0.29) is 12.4 Å². The van der Waals surface area contributed by atoms with E-state index in [2.05, 4.69) is 19.7 Å². The number of hydrogen-bond acceptors (Lipinski definition) is 12. The van der Waals surface area contributed by atoms with E-state index in [0.29, 0.717) is 17.7 Å². The fraction of sp³-hybridized carbons (Fsp3) is 0.571. The van der Waals surface area contributed by atoms with E-state index in [1.165, 1.54) is 26.5 Å². The van der Waals surface area contributed by atoms with Crippen LogP contribution in [0.1, 0.15) is 13.8 Å². The zero-order valence-corrected chi connectivity index (χ0v) is 16.3. The summed E-state index contributed by atoms with van der Waals surface area (Å²) < 4.78 is 39.1. The second-order valence-electron chi connectivity index (χ2n) is 5.41. The van der Waals surface area contributed by atoms with Crippen LogP contribution in [0.25, 0.3) is 11.2 Å². The van der Waals surface area contributed by atoms with Crippen LogP contribution < -0.4 is 5.73 Å². The minimum absolute atomic E-state index is 0.122. The number of nitrogens with two attached hydrogens (primary N) is 1. The number of anilines is 1. The van der Waals surface area contributed by atoms with Gasteiger partial charge in [-0.25, -0.2) is 15.0 Å². The Morgan fingerprint density at radius 3 is 2.79 bits per heavy atom. The van der Waals surface area contributed by atoms with Gasteiger partial charge in [0.05, 0.1) is 12.9 Å². The maximum absolute atomic E-state index is 12.6. The smallest absolute Gasteiger partial charge is 0.361 e. The molecule has 0 aliphatic rings. The third-order valence-corrected chi connectivity index (χ3v) is 4.72. The van der Waals surface area contributed by atoms with Crippen LogP contribution in [-0.4, -0.2) is 63.4 Å². The van der Waals surface area contributed by atoms with Gasteiger partial charge in [0.2, 0.25) is 6.79 Å². The topological polar surface area (TPSA) is 170 Å². The second kappa shape index (κ2) is 10.4. The van der Waals surface area contributed by atoms with Crippen molar-refractivity contribution < 1.29 is 37.7 Å². The molecule has 2 aromatic rings. The van der Waals surface area contributed by atoms with Crippen LogP contribution in [0, 0.1) is 0 Å². The summed E-state index contributed by atoms with van der Waals surface area (Å²) in [4.78, 5) is 22.9. The van der Waals surface area contributed by atoms with Crippen molar-refractivity contribution in [2.45, 2.75) is 26.7 Å². The number of aromatic nitrogens is 4. The molecule has 3 N–H and O–H groups in total. The lowest BCUT2D eigenvalue weighted by atomic mass is 10.5. The van der Waals surface area contributed by atoms with Crippen molar-refractivity contribution in [1.82, 2.24) is 19.5 Å². The first-order valence-electron chi connectivity index (χ1n) is 8.11. The average Bonchev–Trinajstić information content (AvgIpc) is 3.03. The lowest BCUT2D eigenvalue weighted by molar-refractivity contribution is -0.150. The first-order valence-corrected chi connectivity index (χ1v) is 9.84. The van der Waals surface area contributed by atoms with Gasteiger partial charge in [0.1, 0.15) is 18.2 Å². The number of fused-ring (bicyclic) bond motifs is 1. The second-order valence-corrected chi connectivity index (χ2v) is 7.41. The van der Waals surface area contributed by atoms with Crippen molar-refractivity contribution in [3.8, 4) is 0 Å². The first-order chi connectivity index (χ1) is 13.3. The summed E-state index contributed by atoms with van der Waals surface area (Å²) in [7, 11) is -3.80. The number of nitrogens with zero attached hydrogens (tertiary/aromatic N) is 4. The van der Waals surface area contributed by atoms with E-state index >= 15 is 0 Å². The minimum Gasteiger partial charge on any atom is -0.438 e. The molecule has 0 fully saturated rings. The fourth-order valence-corrected chi connectivity index (χ4v) is 2.92. The van der Waals surface area contributed by atoms with Crippen molar-refractivity contribution in [1.29, 1.82) is 0 Å². The van der Waals surface area contributed by atoms with Gasteiger partial charge in [-0.3, -0.25) is 18.4 Å². The molecule has 0 amide bonds. The molecule has 14 heteroatoms. The van der Waals surface area contributed by atoms with Gasteiger partial charge in [0.25, 0.3) is 0 Å².